The maximum Gasteiger partial charge on any atom is 0.256 e. The molecule has 3 aromatic carbocycles. The number of fused-ring (bicyclic) bond motifs is 3. The summed E-state index contributed by atoms with van der Waals surface area (Å²) in [6, 6.07) is 10.5. The van der Waals surface area contributed by atoms with Crippen LogP contribution in [0.2, 0.25) is 0 Å². The molecular formula is C26H18F4N2O3. The normalized spacial score (nSPS) is 15.2. The number of benzene rings is 3. The molecule has 9 heteroatoms. The number of H-pyrrole nitrogens is 1. The Morgan fingerprint density at radius 2 is 1.54 bits per heavy atom. The van der Waals surface area contributed by atoms with E-state index in [9.17, 15) is 27.2 Å². The Bertz CT molecular complexity index is 1510. The third-order valence-electron chi connectivity index (χ3n) is 6.16. The fraction of sp³-hybridized carbons (Fsp3) is 0.154. The number of carbonyl (C=O) groups excluding carboxylic acids is 1. The van der Waals surface area contributed by atoms with Gasteiger partial charge in [0, 0.05) is 29.9 Å². The Morgan fingerprint density at radius 3 is 2.20 bits per heavy atom. The minimum Gasteiger partial charge on any atom is -0.373 e. The molecule has 1 aromatic heterocycles. The zero-order chi connectivity index (χ0) is 24.9. The largest absolute Gasteiger partial charge is 0.373 e. The highest BCUT2D eigenvalue weighted by molar-refractivity contribution is 5.95. The van der Waals surface area contributed by atoms with Crippen molar-refractivity contribution in [2.24, 2.45) is 0 Å². The summed E-state index contributed by atoms with van der Waals surface area (Å²) < 4.78 is 60.6. The molecule has 178 valence electrons. The second-order valence-corrected chi connectivity index (χ2v) is 8.34. The zero-order valence-electron chi connectivity index (χ0n) is 18.4. The van der Waals surface area contributed by atoms with Crippen molar-refractivity contribution in [1.82, 2.24) is 9.88 Å². The minimum atomic E-state index is -1.14. The minimum absolute atomic E-state index is 0.0259. The Hall–Kier alpha value is -3.98. The molecule has 5 nitrogen and oxygen atoms in total. The number of nitrogens with one attached hydrogen (secondary N) is 1. The number of ether oxygens (including phenoxy) is 1. The van der Waals surface area contributed by atoms with Crippen molar-refractivity contribution in [3.05, 3.63) is 105 Å². The summed E-state index contributed by atoms with van der Waals surface area (Å²) in [7, 11) is 1.54. The van der Waals surface area contributed by atoms with Gasteiger partial charge in [-0.25, -0.2) is 17.6 Å². The van der Waals surface area contributed by atoms with Crippen LogP contribution in [0, 0.1) is 23.3 Å². The van der Waals surface area contributed by atoms with Gasteiger partial charge in [0.05, 0.1) is 24.6 Å². The van der Waals surface area contributed by atoms with Crippen LogP contribution in [0.1, 0.15) is 27.7 Å². The first-order valence-electron chi connectivity index (χ1n) is 10.7. The van der Waals surface area contributed by atoms with Gasteiger partial charge in [-0.1, -0.05) is 12.1 Å². The van der Waals surface area contributed by atoms with Gasteiger partial charge in [-0.15, -0.1) is 0 Å². The molecule has 0 saturated carbocycles. The van der Waals surface area contributed by atoms with Gasteiger partial charge < -0.3 is 14.6 Å². The number of pyridine rings is 1. The van der Waals surface area contributed by atoms with E-state index in [0.29, 0.717) is 27.9 Å². The summed E-state index contributed by atoms with van der Waals surface area (Å²) >= 11 is 0. The molecule has 1 N–H and O–H groups in total. The number of likely N-dealkylation sites (N-methyl/N-ethyl adjacent to an activating group) is 1. The molecule has 2 heterocycles. The van der Waals surface area contributed by atoms with E-state index >= 15 is 0 Å². The highest BCUT2D eigenvalue weighted by Crippen LogP contribution is 2.34. The molecule has 35 heavy (non-hydrogen) atoms. The lowest BCUT2D eigenvalue weighted by Crippen LogP contribution is -2.37. The van der Waals surface area contributed by atoms with E-state index in [0.717, 1.165) is 18.2 Å². The third kappa shape index (κ3) is 4.08. The molecule has 0 fully saturated rings. The number of rotatable bonds is 3. The molecule has 0 saturated heterocycles. The second kappa shape index (κ2) is 8.66. The van der Waals surface area contributed by atoms with E-state index < -0.39 is 40.8 Å². The van der Waals surface area contributed by atoms with Crippen molar-refractivity contribution >= 4 is 16.7 Å². The van der Waals surface area contributed by atoms with Gasteiger partial charge in [0.2, 0.25) is 0 Å². The predicted molar refractivity (Wildman–Crippen MR) is 121 cm³/mol. The maximum absolute atomic E-state index is 14.1. The summed E-state index contributed by atoms with van der Waals surface area (Å²) in [5.74, 6) is -4.07. The van der Waals surface area contributed by atoms with E-state index in [1.54, 1.807) is 12.1 Å². The Morgan fingerprint density at radius 1 is 0.914 bits per heavy atom. The third-order valence-corrected chi connectivity index (χ3v) is 6.16. The number of aromatic nitrogens is 1. The van der Waals surface area contributed by atoms with E-state index in [-0.39, 0.29) is 24.0 Å². The van der Waals surface area contributed by atoms with Crippen molar-refractivity contribution in [3.8, 4) is 11.1 Å². The number of nitrogens with zero attached hydrogens (tertiary/aromatic N) is 1. The van der Waals surface area contributed by atoms with Gasteiger partial charge >= 0.3 is 0 Å². The van der Waals surface area contributed by atoms with Crippen molar-refractivity contribution in [1.29, 1.82) is 0 Å². The van der Waals surface area contributed by atoms with E-state index in [4.69, 9.17) is 4.74 Å². The van der Waals surface area contributed by atoms with Crippen LogP contribution in [0.5, 0.6) is 0 Å². The monoisotopic (exact) mass is 482 g/mol. The van der Waals surface area contributed by atoms with Gasteiger partial charge in [0.1, 0.15) is 11.6 Å². The van der Waals surface area contributed by atoms with Crippen LogP contribution in [0.25, 0.3) is 21.9 Å². The molecule has 5 rings (SSSR count). The van der Waals surface area contributed by atoms with Crippen LogP contribution >= 0.6 is 0 Å². The smallest absolute Gasteiger partial charge is 0.256 e. The van der Waals surface area contributed by atoms with Crippen molar-refractivity contribution in [3.63, 3.8) is 0 Å². The topological polar surface area (TPSA) is 62.4 Å². The predicted octanol–water partition coefficient (Wildman–Crippen LogP) is 5.10. The van der Waals surface area contributed by atoms with Crippen molar-refractivity contribution < 1.29 is 27.1 Å². The van der Waals surface area contributed by atoms with Gasteiger partial charge in [-0.3, -0.25) is 9.59 Å². The standard InChI is InChI=1S/C26H18F4N2O3/c1-32(26(34)14-4-2-13(3-5-14)15-6-16(27)8-17(28)7-15)23-12-35-11-22-24(23)18-9-20(29)21(30)10-19(18)25(33)31-22/h2-10,23H,11-12H2,1H3,(H,31,33). The first-order valence-corrected chi connectivity index (χ1v) is 10.7. The van der Waals surface area contributed by atoms with Crippen LogP contribution in [0.15, 0.2) is 59.4 Å². The highest BCUT2D eigenvalue weighted by atomic mass is 19.2. The van der Waals surface area contributed by atoms with E-state index in [1.165, 1.54) is 36.2 Å². The van der Waals surface area contributed by atoms with Crippen LogP contribution in [-0.2, 0) is 11.3 Å². The van der Waals surface area contributed by atoms with Crippen molar-refractivity contribution in [2.45, 2.75) is 12.6 Å². The first-order chi connectivity index (χ1) is 16.7. The van der Waals surface area contributed by atoms with Gasteiger partial charge in [0.25, 0.3) is 11.5 Å². The van der Waals surface area contributed by atoms with Crippen LogP contribution in [-0.4, -0.2) is 29.4 Å². The average molecular weight is 482 g/mol. The summed E-state index contributed by atoms with van der Waals surface area (Å²) in [5, 5.41) is 0.182. The molecule has 0 bridgehead atoms. The number of halogens is 4. The highest BCUT2D eigenvalue weighted by Gasteiger charge is 2.31. The lowest BCUT2D eigenvalue weighted by atomic mass is 9.95. The first kappa shape index (κ1) is 22.8. The lowest BCUT2D eigenvalue weighted by Gasteiger charge is -2.34. The summed E-state index contributed by atoms with van der Waals surface area (Å²) in [5.41, 5.74) is 1.43. The van der Waals surface area contributed by atoms with Gasteiger partial charge in [-0.2, -0.15) is 0 Å². The maximum atomic E-state index is 14.1. The molecular weight excluding hydrogens is 464 g/mol. The Balaban J connectivity index is 1.50. The van der Waals surface area contributed by atoms with E-state index in [1.807, 2.05) is 0 Å². The number of aromatic amines is 1. The number of carbonyl (C=O) groups is 1. The Kier molecular flexibility index (Phi) is 5.64. The fourth-order valence-electron chi connectivity index (χ4n) is 4.42. The second-order valence-electron chi connectivity index (χ2n) is 8.34. The molecule has 1 atom stereocenters. The SMILES string of the molecule is CN(C(=O)c1ccc(-c2cc(F)cc(F)c2)cc1)C1COCc2[nH]c(=O)c3cc(F)c(F)cc3c21. The molecule has 0 radical (unpaired) electrons. The fourth-order valence-corrected chi connectivity index (χ4v) is 4.42. The van der Waals surface area contributed by atoms with Crippen LogP contribution < -0.4 is 5.56 Å². The number of hydrogen-bond donors (Lipinski definition) is 1. The zero-order valence-corrected chi connectivity index (χ0v) is 18.4. The Labute approximate surface area is 196 Å². The summed E-state index contributed by atoms with van der Waals surface area (Å²) in [4.78, 5) is 29.7. The molecule has 0 aliphatic carbocycles. The molecule has 1 aliphatic rings. The lowest BCUT2D eigenvalue weighted by molar-refractivity contribution is 0.0335. The quantitative estimate of drug-likeness (QED) is 0.414. The van der Waals surface area contributed by atoms with E-state index in [2.05, 4.69) is 4.98 Å². The van der Waals surface area contributed by atoms with Crippen LogP contribution in [0.4, 0.5) is 17.6 Å². The van der Waals surface area contributed by atoms with Crippen molar-refractivity contribution in [2.75, 3.05) is 13.7 Å². The molecule has 1 amide bonds. The van der Waals surface area contributed by atoms with Gasteiger partial charge in [-0.05, 0) is 52.9 Å². The van der Waals surface area contributed by atoms with Crippen LogP contribution in [0.3, 0.4) is 0 Å². The molecule has 0 spiro atoms. The molecule has 4 aromatic rings. The summed E-state index contributed by atoms with van der Waals surface area (Å²) in [6.07, 6.45) is 0. The average Bonchev–Trinajstić information content (AvgIpc) is 2.83. The summed E-state index contributed by atoms with van der Waals surface area (Å²) in [6.45, 7) is 0.132. The number of hydrogen-bond acceptors (Lipinski definition) is 3. The molecule has 1 unspecified atom stereocenters. The molecule has 1 aliphatic heterocycles. The van der Waals surface area contributed by atoms with Gasteiger partial charge in [0.15, 0.2) is 11.6 Å². The number of amides is 1.